The molecule has 4 heteroatoms. The molecule has 1 atom stereocenters. The van der Waals surface area contributed by atoms with Crippen LogP contribution >= 0.6 is 0 Å². The molecule has 0 saturated heterocycles. The Morgan fingerprint density at radius 1 is 1.50 bits per heavy atom. The maximum Gasteiger partial charge on any atom is 0.246 e. The first-order valence-electron chi connectivity index (χ1n) is 5.12. The van der Waals surface area contributed by atoms with Gasteiger partial charge < -0.3 is 15.2 Å². The molecule has 0 bridgehead atoms. The van der Waals surface area contributed by atoms with Gasteiger partial charge in [0, 0.05) is 6.54 Å². The molecule has 0 spiro atoms. The summed E-state index contributed by atoms with van der Waals surface area (Å²) in [5.74, 6) is -0.123. The van der Waals surface area contributed by atoms with Crippen LogP contribution in [0.4, 0.5) is 0 Å². The second-order valence-corrected chi connectivity index (χ2v) is 3.56. The minimum atomic E-state index is -0.318. The Kier molecular flexibility index (Phi) is 7.42. The van der Waals surface area contributed by atoms with Crippen molar-refractivity contribution in [2.75, 3.05) is 13.2 Å². The van der Waals surface area contributed by atoms with Crippen LogP contribution in [0.2, 0.25) is 0 Å². The van der Waals surface area contributed by atoms with Crippen LogP contribution in [0.3, 0.4) is 0 Å². The number of carbonyl (C=O) groups is 1. The third-order valence-corrected chi connectivity index (χ3v) is 1.82. The average Bonchev–Trinajstić information content (AvgIpc) is 2.14. The van der Waals surface area contributed by atoms with Crippen LogP contribution in [0.5, 0.6) is 0 Å². The van der Waals surface area contributed by atoms with Gasteiger partial charge in [0.15, 0.2) is 0 Å². The van der Waals surface area contributed by atoms with E-state index in [4.69, 9.17) is 4.74 Å². The van der Waals surface area contributed by atoms with Crippen LogP contribution in [0.15, 0.2) is 0 Å². The Morgan fingerprint density at radius 3 is 2.64 bits per heavy atom. The van der Waals surface area contributed by atoms with E-state index in [1.807, 2.05) is 20.8 Å². The molecule has 0 aromatic rings. The maximum atomic E-state index is 11.1. The number of aliphatic hydroxyl groups excluding tert-OH is 1. The van der Waals surface area contributed by atoms with Gasteiger partial charge in [0.05, 0.1) is 12.2 Å². The highest BCUT2D eigenvalue weighted by atomic mass is 16.5. The van der Waals surface area contributed by atoms with Crippen molar-refractivity contribution in [2.45, 2.75) is 45.8 Å². The molecule has 0 aliphatic carbocycles. The molecule has 0 fully saturated rings. The molecule has 4 nitrogen and oxygen atoms in total. The molecule has 0 saturated carbocycles. The van der Waals surface area contributed by atoms with Crippen molar-refractivity contribution in [2.24, 2.45) is 0 Å². The van der Waals surface area contributed by atoms with Crippen molar-refractivity contribution in [1.29, 1.82) is 0 Å². The number of hydrogen-bond donors (Lipinski definition) is 2. The third-order valence-electron chi connectivity index (χ3n) is 1.82. The lowest BCUT2D eigenvalue weighted by atomic mass is 10.2. The minimum absolute atomic E-state index is 0.0713. The molecule has 1 unspecified atom stereocenters. The summed E-state index contributed by atoms with van der Waals surface area (Å²) in [5.41, 5.74) is 0. The van der Waals surface area contributed by atoms with Gasteiger partial charge in [-0.15, -0.1) is 0 Å². The maximum absolute atomic E-state index is 11.1. The Bertz CT molecular complexity index is 159. The van der Waals surface area contributed by atoms with Crippen molar-refractivity contribution in [3.05, 3.63) is 0 Å². The summed E-state index contributed by atoms with van der Waals surface area (Å²) in [7, 11) is 0. The largest absolute Gasteiger partial charge is 0.393 e. The van der Waals surface area contributed by atoms with Crippen LogP contribution in [0.1, 0.15) is 33.6 Å². The van der Waals surface area contributed by atoms with Gasteiger partial charge in [0.25, 0.3) is 0 Å². The first-order valence-corrected chi connectivity index (χ1v) is 5.12. The highest BCUT2D eigenvalue weighted by molar-refractivity contribution is 5.77. The molecule has 0 aliphatic rings. The zero-order chi connectivity index (χ0) is 11.0. The predicted molar refractivity (Wildman–Crippen MR) is 55.0 cm³/mol. The molecule has 1 amide bonds. The number of aliphatic hydroxyl groups is 1. The minimum Gasteiger partial charge on any atom is -0.393 e. The molecule has 2 N–H and O–H groups in total. The second-order valence-electron chi connectivity index (χ2n) is 3.56. The predicted octanol–water partition coefficient (Wildman–Crippen LogP) is 0.689. The summed E-state index contributed by atoms with van der Waals surface area (Å²) in [6.45, 7) is 6.28. The van der Waals surface area contributed by atoms with Crippen molar-refractivity contribution >= 4 is 5.91 Å². The number of rotatable bonds is 7. The van der Waals surface area contributed by atoms with Gasteiger partial charge in [-0.25, -0.2) is 0 Å². The fraction of sp³-hybridized carbons (Fsp3) is 0.900. The molecule has 14 heavy (non-hydrogen) atoms. The zero-order valence-electron chi connectivity index (χ0n) is 9.25. The van der Waals surface area contributed by atoms with E-state index >= 15 is 0 Å². The van der Waals surface area contributed by atoms with Crippen LogP contribution in [0.25, 0.3) is 0 Å². The Morgan fingerprint density at radius 2 is 2.14 bits per heavy atom. The van der Waals surface area contributed by atoms with Gasteiger partial charge in [-0.3, -0.25) is 4.79 Å². The number of ether oxygens (including phenoxy) is 1. The Hall–Kier alpha value is -0.610. The molecule has 0 aromatic carbocycles. The number of carbonyl (C=O) groups excluding carboxylic acids is 1. The summed E-state index contributed by atoms with van der Waals surface area (Å²) in [6.07, 6.45) is 1.07. The van der Waals surface area contributed by atoms with Gasteiger partial charge in [-0.1, -0.05) is 6.92 Å². The monoisotopic (exact) mass is 203 g/mol. The third kappa shape index (κ3) is 8.01. The van der Waals surface area contributed by atoms with Crippen LogP contribution < -0.4 is 5.32 Å². The van der Waals surface area contributed by atoms with Crippen LogP contribution in [0, 0.1) is 0 Å². The van der Waals surface area contributed by atoms with Gasteiger partial charge in [0.2, 0.25) is 5.91 Å². The quantitative estimate of drug-likeness (QED) is 0.640. The summed E-state index contributed by atoms with van der Waals surface area (Å²) >= 11 is 0. The van der Waals surface area contributed by atoms with E-state index in [1.54, 1.807) is 0 Å². The van der Waals surface area contributed by atoms with Gasteiger partial charge >= 0.3 is 0 Å². The van der Waals surface area contributed by atoms with Crippen LogP contribution in [-0.2, 0) is 9.53 Å². The lowest BCUT2D eigenvalue weighted by Crippen LogP contribution is -2.31. The number of hydrogen-bond acceptors (Lipinski definition) is 3. The SMILES string of the molecule is CCC(O)CCNC(=O)COC(C)C. The molecule has 84 valence electrons. The smallest absolute Gasteiger partial charge is 0.246 e. The van der Waals surface area contributed by atoms with E-state index in [2.05, 4.69) is 5.32 Å². The number of nitrogens with one attached hydrogen (secondary N) is 1. The summed E-state index contributed by atoms with van der Waals surface area (Å²) in [4.78, 5) is 11.1. The van der Waals surface area contributed by atoms with Crippen LogP contribution in [-0.4, -0.2) is 36.4 Å². The van der Waals surface area contributed by atoms with E-state index in [9.17, 15) is 9.90 Å². The molecule has 0 rings (SSSR count). The van der Waals surface area contributed by atoms with Crippen molar-refractivity contribution in [1.82, 2.24) is 5.32 Å². The summed E-state index contributed by atoms with van der Waals surface area (Å²) < 4.78 is 5.11. The highest BCUT2D eigenvalue weighted by Crippen LogP contribution is 1.94. The topological polar surface area (TPSA) is 58.6 Å². The summed E-state index contributed by atoms with van der Waals surface area (Å²) in [5, 5.41) is 11.9. The van der Waals surface area contributed by atoms with Gasteiger partial charge in [-0.05, 0) is 26.7 Å². The fourth-order valence-electron chi connectivity index (χ4n) is 0.876. The first kappa shape index (κ1) is 13.4. The standard InChI is InChI=1S/C10H21NO3/c1-4-9(12)5-6-11-10(13)7-14-8(2)3/h8-9,12H,4-7H2,1-3H3,(H,11,13). The molecule has 0 radical (unpaired) electrons. The second kappa shape index (κ2) is 7.76. The van der Waals surface area contributed by atoms with Gasteiger partial charge in [-0.2, -0.15) is 0 Å². The van der Waals surface area contributed by atoms with Crippen molar-refractivity contribution < 1.29 is 14.6 Å². The zero-order valence-corrected chi connectivity index (χ0v) is 9.25. The molecule has 0 aliphatic heterocycles. The Balaban J connectivity index is 3.35. The molecular weight excluding hydrogens is 182 g/mol. The van der Waals surface area contributed by atoms with E-state index in [-0.39, 0.29) is 24.7 Å². The fourth-order valence-corrected chi connectivity index (χ4v) is 0.876. The van der Waals surface area contributed by atoms with E-state index < -0.39 is 0 Å². The van der Waals surface area contributed by atoms with E-state index in [0.29, 0.717) is 13.0 Å². The highest BCUT2D eigenvalue weighted by Gasteiger charge is 2.04. The first-order chi connectivity index (χ1) is 6.56. The lowest BCUT2D eigenvalue weighted by Gasteiger charge is -2.10. The van der Waals surface area contributed by atoms with E-state index in [0.717, 1.165) is 6.42 Å². The lowest BCUT2D eigenvalue weighted by molar-refractivity contribution is -0.127. The normalized spacial score (nSPS) is 12.9. The molecular formula is C10H21NO3. The molecule has 0 aromatic heterocycles. The summed E-state index contributed by atoms with van der Waals surface area (Å²) in [6, 6.07) is 0. The average molecular weight is 203 g/mol. The van der Waals surface area contributed by atoms with E-state index in [1.165, 1.54) is 0 Å². The van der Waals surface area contributed by atoms with Gasteiger partial charge in [0.1, 0.15) is 6.61 Å². The molecule has 0 heterocycles. The van der Waals surface area contributed by atoms with Crippen molar-refractivity contribution in [3.8, 4) is 0 Å². The number of amides is 1. The Labute approximate surface area is 85.6 Å². The van der Waals surface area contributed by atoms with Crippen molar-refractivity contribution in [3.63, 3.8) is 0 Å².